The van der Waals surface area contributed by atoms with Crippen LogP contribution in [0.1, 0.15) is 17.3 Å². The van der Waals surface area contributed by atoms with Crippen LogP contribution in [0.4, 0.5) is 9.18 Å². The summed E-state index contributed by atoms with van der Waals surface area (Å²) in [5.41, 5.74) is -0.464. The maximum atomic E-state index is 13.5. The average molecular weight is 303 g/mol. The summed E-state index contributed by atoms with van der Waals surface area (Å²) in [4.78, 5) is 34.1. The van der Waals surface area contributed by atoms with Gasteiger partial charge in [0.25, 0.3) is 5.91 Å². The number of halogens is 2. The van der Waals surface area contributed by atoms with Crippen molar-refractivity contribution in [3.63, 3.8) is 0 Å². The molecule has 2 N–H and O–H groups in total. The van der Waals surface area contributed by atoms with Gasteiger partial charge in [0, 0.05) is 7.05 Å². The zero-order valence-electron chi connectivity index (χ0n) is 10.7. The minimum absolute atomic E-state index is 0.131. The van der Waals surface area contributed by atoms with E-state index in [0.29, 0.717) is 0 Å². The fourth-order valence-electron chi connectivity index (χ4n) is 1.24. The Morgan fingerprint density at radius 3 is 2.55 bits per heavy atom. The average Bonchev–Trinajstić information content (AvgIpc) is 2.38. The van der Waals surface area contributed by atoms with Crippen molar-refractivity contribution >= 4 is 29.5 Å². The van der Waals surface area contributed by atoms with Crippen LogP contribution in [0.15, 0.2) is 18.2 Å². The number of carbonyl (C=O) groups excluding carboxylic acids is 3. The van der Waals surface area contributed by atoms with Crippen LogP contribution in [-0.4, -0.2) is 31.1 Å². The van der Waals surface area contributed by atoms with Crippen LogP contribution in [0.2, 0.25) is 5.02 Å². The normalized spacial score (nSPS) is 11.4. The summed E-state index contributed by atoms with van der Waals surface area (Å²) in [6.45, 7) is 1.24. The molecule has 20 heavy (non-hydrogen) atoms. The summed E-state index contributed by atoms with van der Waals surface area (Å²) >= 11 is 5.69. The number of hydrogen-bond acceptors (Lipinski definition) is 4. The molecule has 0 bridgehead atoms. The number of esters is 1. The lowest BCUT2D eigenvalue weighted by atomic mass is 10.2. The van der Waals surface area contributed by atoms with Crippen molar-refractivity contribution in [2.75, 3.05) is 7.05 Å². The first-order valence-corrected chi connectivity index (χ1v) is 5.92. The second-order valence-corrected chi connectivity index (χ2v) is 4.12. The molecule has 0 fully saturated rings. The second kappa shape index (κ2) is 6.85. The molecular formula is C12H12ClFN2O4. The van der Waals surface area contributed by atoms with Crippen molar-refractivity contribution in [3.05, 3.63) is 34.6 Å². The maximum Gasteiger partial charge on any atom is 0.343 e. The van der Waals surface area contributed by atoms with Gasteiger partial charge in [-0.05, 0) is 19.1 Å². The van der Waals surface area contributed by atoms with Gasteiger partial charge in [0.05, 0.1) is 5.02 Å². The third-order valence-electron chi connectivity index (χ3n) is 2.28. The van der Waals surface area contributed by atoms with E-state index in [4.69, 9.17) is 16.3 Å². The molecule has 8 heteroatoms. The van der Waals surface area contributed by atoms with Gasteiger partial charge in [-0.2, -0.15) is 0 Å². The molecule has 0 unspecified atom stereocenters. The number of rotatable bonds is 3. The van der Waals surface area contributed by atoms with E-state index < -0.39 is 35.4 Å². The highest BCUT2D eigenvalue weighted by atomic mass is 35.5. The molecule has 0 aliphatic heterocycles. The summed E-state index contributed by atoms with van der Waals surface area (Å²) in [6, 6.07) is 2.94. The SMILES string of the molecule is CNC(=O)NC(=O)[C@@H](C)OC(=O)c1c(F)cccc1Cl. The lowest BCUT2D eigenvalue weighted by Crippen LogP contribution is -2.43. The number of urea groups is 1. The van der Waals surface area contributed by atoms with E-state index in [1.54, 1.807) is 0 Å². The first kappa shape index (κ1) is 15.9. The van der Waals surface area contributed by atoms with Crippen molar-refractivity contribution in [3.8, 4) is 0 Å². The molecule has 1 aromatic rings. The fraction of sp³-hybridized carbons (Fsp3) is 0.250. The Bertz CT molecular complexity index is 530. The van der Waals surface area contributed by atoms with Crippen molar-refractivity contribution in [1.29, 1.82) is 0 Å². The molecule has 0 aliphatic rings. The quantitative estimate of drug-likeness (QED) is 0.828. The van der Waals surface area contributed by atoms with Gasteiger partial charge in [-0.3, -0.25) is 10.1 Å². The predicted molar refractivity (Wildman–Crippen MR) is 68.9 cm³/mol. The summed E-state index contributed by atoms with van der Waals surface area (Å²) < 4.78 is 18.2. The van der Waals surface area contributed by atoms with Gasteiger partial charge in [0.15, 0.2) is 6.10 Å². The van der Waals surface area contributed by atoms with Crippen molar-refractivity contribution < 1.29 is 23.5 Å². The molecular weight excluding hydrogens is 291 g/mol. The molecule has 6 nitrogen and oxygen atoms in total. The lowest BCUT2D eigenvalue weighted by Gasteiger charge is -2.13. The highest BCUT2D eigenvalue weighted by molar-refractivity contribution is 6.33. The van der Waals surface area contributed by atoms with Crippen LogP contribution in [0.3, 0.4) is 0 Å². The van der Waals surface area contributed by atoms with Gasteiger partial charge in [-0.15, -0.1) is 0 Å². The lowest BCUT2D eigenvalue weighted by molar-refractivity contribution is -0.127. The molecule has 0 saturated heterocycles. The number of nitrogens with one attached hydrogen (secondary N) is 2. The number of ether oxygens (including phenoxy) is 1. The molecule has 0 aliphatic carbocycles. The summed E-state index contributed by atoms with van der Waals surface area (Å²) in [7, 11) is 1.32. The monoisotopic (exact) mass is 302 g/mol. The van der Waals surface area contributed by atoms with Crippen LogP contribution < -0.4 is 10.6 Å². The predicted octanol–water partition coefficient (Wildman–Crippen LogP) is 1.48. The number of hydrogen-bond donors (Lipinski definition) is 2. The highest BCUT2D eigenvalue weighted by Gasteiger charge is 2.23. The molecule has 0 aromatic heterocycles. The maximum absolute atomic E-state index is 13.5. The fourth-order valence-corrected chi connectivity index (χ4v) is 1.48. The number of amides is 3. The molecule has 1 atom stereocenters. The van der Waals surface area contributed by atoms with Crippen molar-refractivity contribution in [1.82, 2.24) is 10.6 Å². The van der Waals surface area contributed by atoms with E-state index in [1.807, 2.05) is 5.32 Å². The highest BCUT2D eigenvalue weighted by Crippen LogP contribution is 2.20. The van der Waals surface area contributed by atoms with Crippen LogP contribution in [0.5, 0.6) is 0 Å². The molecule has 3 amide bonds. The topological polar surface area (TPSA) is 84.5 Å². The van der Waals surface area contributed by atoms with E-state index in [2.05, 4.69) is 5.32 Å². The minimum atomic E-state index is -1.28. The molecule has 108 valence electrons. The molecule has 1 aromatic carbocycles. The van der Waals surface area contributed by atoms with Gasteiger partial charge in [0.1, 0.15) is 11.4 Å². The third-order valence-corrected chi connectivity index (χ3v) is 2.60. The van der Waals surface area contributed by atoms with E-state index in [0.717, 1.165) is 6.07 Å². The summed E-state index contributed by atoms with van der Waals surface area (Å²) in [5, 5.41) is 3.95. The first-order chi connectivity index (χ1) is 9.36. The Balaban J connectivity index is 2.75. The van der Waals surface area contributed by atoms with E-state index in [9.17, 15) is 18.8 Å². The van der Waals surface area contributed by atoms with Gasteiger partial charge >= 0.3 is 12.0 Å². The van der Waals surface area contributed by atoms with Crippen LogP contribution >= 0.6 is 11.6 Å². The zero-order valence-corrected chi connectivity index (χ0v) is 11.5. The molecule has 0 radical (unpaired) electrons. The Hall–Kier alpha value is -2.15. The van der Waals surface area contributed by atoms with Crippen molar-refractivity contribution in [2.24, 2.45) is 0 Å². The zero-order chi connectivity index (χ0) is 15.3. The molecule has 0 heterocycles. The number of carbonyl (C=O) groups is 3. The van der Waals surface area contributed by atoms with Gasteiger partial charge in [-0.25, -0.2) is 14.0 Å². The van der Waals surface area contributed by atoms with E-state index >= 15 is 0 Å². The minimum Gasteiger partial charge on any atom is -0.449 e. The number of imide groups is 1. The Morgan fingerprint density at radius 2 is 2.00 bits per heavy atom. The van der Waals surface area contributed by atoms with Crippen LogP contribution in [-0.2, 0) is 9.53 Å². The second-order valence-electron chi connectivity index (χ2n) is 3.71. The molecule has 0 spiro atoms. The summed E-state index contributed by atoms with van der Waals surface area (Å²) in [5.74, 6) is -2.79. The Kier molecular flexibility index (Phi) is 5.45. The van der Waals surface area contributed by atoms with E-state index in [1.165, 1.54) is 26.1 Å². The molecule has 1 rings (SSSR count). The Morgan fingerprint density at radius 1 is 1.35 bits per heavy atom. The van der Waals surface area contributed by atoms with Gasteiger partial charge < -0.3 is 10.1 Å². The van der Waals surface area contributed by atoms with Gasteiger partial charge in [-0.1, -0.05) is 17.7 Å². The number of benzene rings is 1. The summed E-state index contributed by atoms with van der Waals surface area (Å²) in [6.07, 6.45) is -1.28. The molecule has 0 saturated carbocycles. The Labute approximate surface area is 119 Å². The largest absolute Gasteiger partial charge is 0.449 e. The van der Waals surface area contributed by atoms with Gasteiger partial charge in [0.2, 0.25) is 0 Å². The van der Waals surface area contributed by atoms with Crippen molar-refractivity contribution in [2.45, 2.75) is 13.0 Å². The smallest absolute Gasteiger partial charge is 0.343 e. The van der Waals surface area contributed by atoms with Crippen LogP contribution in [0.25, 0.3) is 0 Å². The van der Waals surface area contributed by atoms with E-state index in [-0.39, 0.29) is 5.02 Å². The van der Waals surface area contributed by atoms with Crippen LogP contribution in [0, 0.1) is 5.82 Å². The standard InChI is InChI=1S/C12H12ClFN2O4/c1-6(10(17)16-12(19)15-2)20-11(18)9-7(13)4-3-5-8(9)14/h3-6H,1-2H3,(H2,15,16,17,19)/t6-/m1/s1. The first-order valence-electron chi connectivity index (χ1n) is 5.54. The third kappa shape index (κ3) is 3.92.